The number of rotatable bonds is 7. The predicted molar refractivity (Wildman–Crippen MR) is 131 cm³/mol. The largest absolute Gasteiger partial charge is 0.344 e. The van der Waals surface area contributed by atoms with E-state index in [1.165, 1.54) is 4.90 Å². The maximum absolute atomic E-state index is 13.0. The molecule has 33 heavy (non-hydrogen) atoms. The molecule has 0 bridgehead atoms. The SMILES string of the molecule is CC(C)CN(C(=O)C(=O)NCc1cccc(CN)c1)c1ccc(N2CCCCCC2=O)cc1. The molecular formula is C26H34N4O3. The molecule has 1 saturated heterocycles. The quantitative estimate of drug-likeness (QED) is 0.633. The maximum atomic E-state index is 13.0. The van der Waals surface area contributed by atoms with E-state index in [1.54, 1.807) is 0 Å². The van der Waals surface area contributed by atoms with Crippen molar-refractivity contribution in [2.45, 2.75) is 52.6 Å². The smallest absolute Gasteiger partial charge is 0.316 e. The van der Waals surface area contributed by atoms with Gasteiger partial charge in [0.05, 0.1) is 0 Å². The van der Waals surface area contributed by atoms with E-state index in [0.717, 1.165) is 36.1 Å². The van der Waals surface area contributed by atoms with Gasteiger partial charge in [-0.25, -0.2) is 0 Å². The molecule has 7 nitrogen and oxygen atoms in total. The van der Waals surface area contributed by atoms with Crippen LogP contribution in [0.2, 0.25) is 0 Å². The highest BCUT2D eigenvalue weighted by Crippen LogP contribution is 2.25. The Morgan fingerprint density at radius 2 is 1.79 bits per heavy atom. The Balaban J connectivity index is 1.71. The highest BCUT2D eigenvalue weighted by Gasteiger charge is 2.25. The van der Waals surface area contributed by atoms with E-state index in [1.807, 2.05) is 67.3 Å². The Morgan fingerprint density at radius 1 is 1.06 bits per heavy atom. The Bertz CT molecular complexity index is 972. The fraction of sp³-hybridized carbons (Fsp3) is 0.423. The van der Waals surface area contributed by atoms with Crippen molar-refractivity contribution in [1.82, 2.24) is 5.32 Å². The molecule has 0 aromatic heterocycles. The summed E-state index contributed by atoms with van der Waals surface area (Å²) in [6.45, 7) is 5.80. The molecule has 3 rings (SSSR count). The highest BCUT2D eigenvalue weighted by molar-refractivity contribution is 6.40. The number of amides is 3. The fourth-order valence-electron chi connectivity index (χ4n) is 3.99. The van der Waals surface area contributed by atoms with Crippen molar-refractivity contribution in [2.75, 3.05) is 22.9 Å². The van der Waals surface area contributed by atoms with Gasteiger partial charge in [-0.2, -0.15) is 0 Å². The topological polar surface area (TPSA) is 95.7 Å². The molecule has 1 heterocycles. The van der Waals surface area contributed by atoms with Gasteiger partial charge in [0, 0.05) is 44.0 Å². The van der Waals surface area contributed by atoms with Crippen LogP contribution in [0, 0.1) is 5.92 Å². The molecule has 1 fully saturated rings. The number of hydrogen-bond donors (Lipinski definition) is 2. The molecule has 0 atom stereocenters. The molecule has 2 aromatic carbocycles. The molecular weight excluding hydrogens is 416 g/mol. The van der Waals surface area contributed by atoms with Crippen LogP contribution >= 0.6 is 0 Å². The molecule has 0 aliphatic carbocycles. The number of nitrogens with two attached hydrogens (primary N) is 1. The van der Waals surface area contributed by atoms with Gasteiger partial charge in [-0.05, 0) is 54.2 Å². The first-order valence-electron chi connectivity index (χ1n) is 11.7. The van der Waals surface area contributed by atoms with Gasteiger partial charge in [-0.1, -0.05) is 44.5 Å². The number of anilines is 2. The van der Waals surface area contributed by atoms with Crippen LogP contribution in [-0.2, 0) is 27.5 Å². The van der Waals surface area contributed by atoms with Crippen LogP contribution in [0.3, 0.4) is 0 Å². The molecule has 7 heteroatoms. The molecule has 3 N–H and O–H groups in total. The van der Waals surface area contributed by atoms with Crippen molar-refractivity contribution >= 4 is 29.1 Å². The van der Waals surface area contributed by atoms with E-state index in [-0.39, 0.29) is 18.4 Å². The zero-order valence-corrected chi connectivity index (χ0v) is 19.5. The van der Waals surface area contributed by atoms with Gasteiger partial charge in [0.1, 0.15) is 0 Å². The van der Waals surface area contributed by atoms with Gasteiger partial charge in [0.25, 0.3) is 0 Å². The molecule has 0 saturated carbocycles. The summed E-state index contributed by atoms with van der Waals surface area (Å²) in [6, 6.07) is 14.9. The first kappa shape index (κ1) is 24.5. The van der Waals surface area contributed by atoms with Crippen molar-refractivity contribution in [3.63, 3.8) is 0 Å². The van der Waals surface area contributed by atoms with Crippen LogP contribution in [0.4, 0.5) is 11.4 Å². The molecule has 0 unspecified atom stereocenters. The lowest BCUT2D eigenvalue weighted by Gasteiger charge is -2.26. The summed E-state index contributed by atoms with van der Waals surface area (Å²) in [5, 5.41) is 2.73. The number of carbonyl (C=O) groups excluding carboxylic acids is 3. The van der Waals surface area contributed by atoms with Gasteiger partial charge in [0.15, 0.2) is 0 Å². The lowest BCUT2D eigenvalue weighted by Crippen LogP contribution is -2.44. The van der Waals surface area contributed by atoms with E-state index >= 15 is 0 Å². The third kappa shape index (κ3) is 6.65. The standard InChI is InChI=1S/C26H34N4O3/c1-19(2)18-30(26(33)25(32)28-17-21-8-6-7-20(15-21)16-27)23-12-10-22(11-13-23)29-14-5-3-4-9-24(29)31/h6-8,10-13,15,19H,3-5,9,14,16-18,27H2,1-2H3,(H,28,32). The van der Waals surface area contributed by atoms with Crippen molar-refractivity contribution in [2.24, 2.45) is 11.7 Å². The second-order valence-electron chi connectivity index (χ2n) is 8.89. The number of nitrogens with one attached hydrogen (secondary N) is 1. The number of hydrogen-bond acceptors (Lipinski definition) is 4. The molecule has 1 aliphatic rings. The van der Waals surface area contributed by atoms with Crippen LogP contribution in [0.5, 0.6) is 0 Å². The van der Waals surface area contributed by atoms with Crippen molar-refractivity contribution in [3.05, 3.63) is 59.7 Å². The Labute approximate surface area is 195 Å². The summed E-state index contributed by atoms with van der Waals surface area (Å²) in [6.07, 6.45) is 3.53. The zero-order chi connectivity index (χ0) is 23.8. The summed E-state index contributed by atoms with van der Waals surface area (Å²) < 4.78 is 0. The molecule has 0 spiro atoms. The Kier molecular flexibility index (Phi) is 8.60. The number of carbonyl (C=O) groups is 3. The lowest BCUT2D eigenvalue weighted by molar-refractivity contribution is -0.137. The zero-order valence-electron chi connectivity index (χ0n) is 19.5. The number of nitrogens with zero attached hydrogens (tertiary/aromatic N) is 2. The predicted octanol–water partition coefficient (Wildman–Crippen LogP) is 3.36. The van der Waals surface area contributed by atoms with Gasteiger partial charge in [0.2, 0.25) is 5.91 Å². The normalized spacial score (nSPS) is 14.2. The van der Waals surface area contributed by atoms with E-state index in [4.69, 9.17) is 5.73 Å². The maximum Gasteiger partial charge on any atom is 0.316 e. The molecule has 0 radical (unpaired) electrons. The van der Waals surface area contributed by atoms with Crippen LogP contribution in [0.1, 0.15) is 50.7 Å². The van der Waals surface area contributed by atoms with Gasteiger partial charge in [-0.3, -0.25) is 14.4 Å². The monoisotopic (exact) mass is 450 g/mol. The van der Waals surface area contributed by atoms with Gasteiger partial charge < -0.3 is 20.9 Å². The Hall–Kier alpha value is -3.19. The fourth-order valence-corrected chi connectivity index (χ4v) is 3.99. The first-order chi connectivity index (χ1) is 15.9. The number of benzene rings is 2. The third-order valence-electron chi connectivity index (χ3n) is 5.71. The van der Waals surface area contributed by atoms with E-state index in [2.05, 4.69) is 5.32 Å². The minimum atomic E-state index is -0.652. The Morgan fingerprint density at radius 3 is 2.48 bits per heavy atom. The average molecular weight is 451 g/mol. The second-order valence-corrected chi connectivity index (χ2v) is 8.89. The summed E-state index contributed by atoms with van der Waals surface area (Å²) in [5.41, 5.74) is 9.00. The minimum Gasteiger partial charge on any atom is -0.344 e. The molecule has 176 valence electrons. The lowest BCUT2D eigenvalue weighted by atomic mass is 10.1. The summed E-state index contributed by atoms with van der Waals surface area (Å²) in [5.74, 6) is -0.943. The second kappa shape index (κ2) is 11.6. The minimum absolute atomic E-state index is 0.133. The van der Waals surface area contributed by atoms with Crippen LogP contribution in [0.15, 0.2) is 48.5 Å². The van der Waals surface area contributed by atoms with Crippen LogP contribution in [-0.4, -0.2) is 30.8 Å². The van der Waals surface area contributed by atoms with E-state index in [0.29, 0.717) is 31.7 Å². The average Bonchev–Trinajstić information content (AvgIpc) is 3.05. The van der Waals surface area contributed by atoms with Crippen LogP contribution < -0.4 is 20.9 Å². The highest BCUT2D eigenvalue weighted by atomic mass is 16.2. The molecule has 3 amide bonds. The van der Waals surface area contributed by atoms with Gasteiger partial charge >= 0.3 is 11.8 Å². The summed E-state index contributed by atoms with van der Waals surface area (Å²) in [4.78, 5) is 41.4. The van der Waals surface area contributed by atoms with Crippen molar-refractivity contribution < 1.29 is 14.4 Å². The van der Waals surface area contributed by atoms with E-state index < -0.39 is 11.8 Å². The van der Waals surface area contributed by atoms with Crippen molar-refractivity contribution in [3.8, 4) is 0 Å². The molecule has 2 aromatic rings. The van der Waals surface area contributed by atoms with Crippen molar-refractivity contribution in [1.29, 1.82) is 0 Å². The van der Waals surface area contributed by atoms with E-state index in [9.17, 15) is 14.4 Å². The molecule has 1 aliphatic heterocycles. The van der Waals surface area contributed by atoms with Gasteiger partial charge in [-0.15, -0.1) is 0 Å². The first-order valence-corrected chi connectivity index (χ1v) is 11.7. The third-order valence-corrected chi connectivity index (χ3v) is 5.71. The summed E-state index contributed by atoms with van der Waals surface area (Å²) in [7, 11) is 0. The van der Waals surface area contributed by atoms with Crippen LogP contribution in [0.25, 0.3) is 0 Å². The summed E-state index contributed by atoms with van der Waals surface area (Å²) >= 11 is 0.